The number of aromatic nitrogens is 5. The van der Waals surface area contributed by atoms with E-state index in [0.29, 0.717) is 16.9 Å². The van der Waals surface area contributed by atoms with Gasteiger partial charge in [0.15, 0.2) is 11.4 Å². The Labute approximate surface area is 153 Å². The molecule has 0 aliphatic rings. The summed E-state index contributed by atoms with van der Waals surface area (Å²) in [5.74, 6) is -0.439. The molecule has 136 valence electrons. The second-order valence-electron chi connectivity index (χ2n) is 5.94. The molecule has 9 heteroatoms. The minimum absolute atomic E-state index is 0.121. The van der Waals surface area contributed by atoms with Gasteiger partial charge in [-0.2, -0.15) is 4.68 Å². The molecule has 2 aromatic heterocycles. The fraction of sp³-hybridized carbons (Fsp3) is 0.167. The van der Waals surface area contributed by atoms with E-state index in [-0.39, 0.29) is 12.5 Å². The maximum atomic E-state index is 12.6. The van der Waals surface area contributed by atoms with Gasteiger partial charge >= 0.3 is 5.76 Å². The summed E-state index contributed by atoms with van der Waals surface area (Å²) in [6.07, 6.45) is 0. The van der Waals surface area contributed by atoms with E-state index in [0.717, 1.165) is 5.69 Å². The first kappa shape index (κ1) is 16.7. The number of carbonyl (C=O) groups is 1. The quantitative estimate of drug-likeness (QED) is 0.574. The minimum Gasteiger partial charge on any atom is -0.408 e. The molecule has 1 amide bonds. The van der Waals surface area contributed by atoms with Gasteiger partial charge in [0.05, 0.1) is 17.7 Å². The predicted molar refractivity (Wildman–Crippen MR) is 96.2 cm³/mol. The van der Waals surface area contributed by atoms with Crippen molar-refractivity contribution in [3.63, 3.8) is 0 Å². The molecule has 4 aromatic rings. The van der Waals surface area contributed by atoms with Gasteiger partial charge in [-0.15, -0.1) is 5.10 Å². The van der Waals surface area contributed by atoms with Crippen LogP contribution in [0.1, 0.15) is 18.8 Å². The third kappa shape index (κ3) is 3.10. The van der Waals surface area contributed by atoms with E-state index in [1.54, 1.807) is 35.9 Å². The fourth-order valence-corrected chi connectivity index (χ4v) is 2.87. The van der Waals surface area contributed by atoms with E-state index in [4.69, 9.17) is 4.42 Å². The summed E-state index contributed by atoms with van der Waals surface area (Å²) in [6, 6.07) is 15.6. The first-order chi connectivity index (χ1) is 13.1. The molecule has 1 N–H and O–H groups in total. The van der Waals surface area contributed by atoms with E-state index >= 15 is 0 Å². The van der Waals surface area contributed by atoms with E-state index < -0.39 is 11.8 Å². The standard InChI is InChI=1S/C18H16N6O3/c1-12(23-14-9-5-6-10-15(14)27-18(23)26)17(25)19-11-16-20-21-22-24(16)13-7-3-2-4-8-13/h2-10,12H,11H2,1H3,(H,19,25)/t12-/m0/s1. The highest BCUT2D eigenvalue weighted by atomic mass is 16.4. The van der Waals surface area contributed by atoms with E-state index in [9.17, 15) is 9.59 Å². The molecular formula is C18H16N6O3. The molecule has 1 atom stereocenters. The highest BCUT2D eigenvalue weighted by Gasteiger charge is 2.21. The van der Waals surface area contributed by atoms with Gasteiger partial charge in [0.2, 0.25) is 5.91 Å². The first-order valence-electron chi connectivity index (χ1n) is 8.35. The summed E-state index contributed by atoms with van der Waals surface area (Å²) in [5.41, 5.74) is 1.80. The lowest BCUT2D eigenvalue weighted by Gasteiger charge is -2.13. The molecule has 0 spiro atoms. The maximum Gasteiger partial charge on any atom is 0.420 e. The molecule has 0 bridgehead atoms. The number of oxazole rings is 1. The van der Waals surface area contributed by atoms with Crippen LogP contribution in [0.25, 0.3) is 16.8 Å². The molecule has 9 nitrogen and oxygen atoms in total. The van der Waals surface area contributed by atoms with Crippen molar-refractivity contribution in [2.75, 3.05) is 0 Å². The van der Waals surface area contributed by atoms with Crippen LogP contribution in [0, 0.1) is 0 Å². The summed E-state index contributed by atoms with van der Waals surface area (Å²) >= 11 is 0. The lowest BCUT2D eigenvalue weighted by atomic mass is 10.2. The molecule has 0 aliphatic carbocycles. The molecule has 0 radical (unpaired) electrons. The summed E-state index contributed by atoms with van der Waals surface area (Å²) in [5, 5.41) is 14.3. The molecule has 0 saturated carbocycles. The SMILES string of the molecule is C[C@@H](C(=O)NCc1nnnn1-c1ccccc1)n1c(=O)oc2ccccc21. The molecule has 0 aliphatic heterocycles. The Hall–Kier alpha value is -3.75. The van der Waals surface area contributed by atoms with Gasteiger partial charge in [-0.05, 0) is 41.6 Å². The van der Waals surface area contributed by atoms with Gasteiger partial charge in [-0.3, -0.25) is 9.36 Å². The molecule has 2 aromatic carbocycles. The van der Waals surface area contributed by atoms with E-state index in [2.05, 4.69) is 20.8 Å². The van der Waals surface area contributed by atoms with Crippen LogP contribution < -0.4 is 11.1 Å². The Balaban J connectivity index is 1.53. The van der Waals surface area contributed by atoms with E-state index in [1.807, 2.05) is 30.3 Å². The van der Waals surface area contributed by atoms with Crippen molar-refractivity contribution < 1.29 is 9.21 Å². The predicted octanol–water partition coefficient (Wildman–Crippen LogP) is 1.45. The molecule has 27 heavy (non-hydrogen) atoms. The lowest BCUT2D eigenvalue weighted by molar-refractivity contribution is -0.124. The van der Waals surface area contributed by atoms with E-state index in [1.165, 1.54) is 4.57 Å². The normalized spacial score (nSPS) is 12.2. The molecular weight excluding hydrogens is 348 g/mol. The van der Waals surface area contributed by atoms with Crippen LogP contribution in [0.3, 0.4) is 0 Å². The highest BCUT2D eigenvalue weighted by molar-refractivity contribution is 5.82. The zero-order chi connectivity index (χ0) is 18.8. The number of nitrogens with one attached hydrogen (secondary N) is 1. The van der Waals surface area contributed by atoms with Gasteiger partial charge in [0.1, 0.15) is 6.04 Å². The third-order valence-corrected chi connectivity index (χ3v) is 4.24. The molecule has 0 saturated heterocycles. The van der Waals surface area contributed by atoms with Crippen molar-refractivity contribution in [1.29, 1.82) is 0 Å². The largest absolute Gasteiger partial charge is 0.420 e. The van der Waals surface area contributed by atoms with Gasteiger partial charge in [0, 0.05) is 0 Å². The zero-order valence-electron chi connectivity index (χ0n) is 14.4. The van der Waals surface area contributed by atoms with Crippen LogP contribution in [0.15, 0.2) is 63.8 Å². The monoisotopic (exact) mass is 364 g/mol. The Morgan fingerprint density at radius 3 is 2.70 bits per heavy atom. The van der Waals surface area contributed by atoms with Crippen LogP contribution in [0.5, 0.6) is 0 Å². The smallest absolute Gasteiger partial charge is 0.408 e. The Bertz CT molecular complexity index is 1140. The number of hydrogen-bond donors (Lipinski definition) is 1. The topological polar surface area (TPSA) is 108 Å². The molecule has 0 unspecified atom stereocenters. The number of benzene rings is 2. The fourth-order valence-electron chi connectivity index (χ4n) is 2.87. The third-order valence-electron chi connectivity index (χ3n) is 4.24. The number of nitrogens with zero attached hydrogens (tertiary/aromatic N) is 5. The van der Waals surface area contributed by atoms with Gasteiger partial charge in [-0.1, -0.05) is 30.3 Å². The average Bonchev–Trinajstić information content (AvgIpc) is 3.29. The van der Waals surface area contributed by atoms with Crippen molar-refractivity contribution >= 4 is 17.0 Å². The van der Waals surface area contributed by atoms with Crippen LogP contribution in [-0.2, 0) is 11.3 Å². The van der Waals surface area contributed by atoms with Crippen molar-refractivity contribution in [2.24, 2.45) is 0 Å². The van der Waals surface area contributed by atoms with Crippen LogP contribution in [-0.4, -0.2) is 30.7 Å². The Kier molecular flexibility index (Phi) is 4.25. The summed E-state index contributed by atoms with van der Waals surface area (Å²) in [7, 11) is 0. The van der Waals surface area contributed by atoms with Gasteiger partial charge in [-0.25, -0.2) is 4.79 Å². The molecule has 4 rings (SSSR count). The maximum absolute atomic E-state index is 12.6. The number of fused-ring (bicyclic) bond motifs is 1. The Morgan fingerprint density at radius 2 is 1.89 bits per heavy atom. The summed E-state index contributed by atoms with van der Waals surface area (Å²) < 4.78 is 8.06. The summed E-state index contributed by atoms with van der Waals surface area (Å²) in [6.45, 7) is 1.76. The van der Waals surface area contributed by atoms with Crippen molar-refractivity contribution in [1.82, 2.24) is 30.1 Å². The van der Waals surface area contributed by atoms with Crippen molar-refractivity contribution in [3.8, 4) is 5.69 Å². The van der Waals surface area contributed by atoms with Gasteiger partial charge < -0.3 is 9.73 Å². The number of hydrogen-bond acceptors (Lipinski definition) is 6. The van der Waals surface area contributed by atoms with Crippen molar-refractivity contribution in [3.05, 3.63) is 71.0 Å². The van der Waals surface area contributed by atoms with Gasteiger partial charge in [0.25, 0.3) is 0 Å². The molecule has 2 heterocycles. The number of tetrazole rings is 1. The Morgan fingerprint density at radius 1 is 1.15 bits per heavy atom. The zero-order valence-corrected chi connectivity index (χ0v) is 14.4. The highest BCUT2D eigenvalue weighted by Crippen LogP contribution is 2.16. The number of rotatable bonds is 5. The number of carbonyl (C=O) groups excluding carboxylic acids is 1. The molecule has 0 fully saturated rings. The number of amides is 1. The number of para-hydroxylation sites is 3. The lowest BCUT2D eigenvalue weighted by Crippen LogP contribution is -2.34. The van der Waals surface area contributed by atoms with Crippen LogP contribution in [0.2, 0.25) is 0 Å². The second-order valence-corrected chi connectivity index (χ2v) is 5.94. The first-order valence-corrected chi connectivity index (χ1v) is 8.35. The minimum atomic E-state index is -0.748. The van der Waals surface area contributed by atoms with Crippen LogP contribution >= 0.6 is 0 Å². The summed E-state index contributed by atoms with van der Waals surface area (Å²) in [4.78, 5) is 24.7. The second kappa shape index (κ2) is 6.87. The average molecular weight is 364 g/mol. The van der Waals surface area contributed by atoms with Crippen molar-refractivity contribution in [2.45, 2.75) is 19.5 Å². The van der Waals surface area contributed by atoms with Crippen LogP contribution in [0.4, 0.5) is 0 Å².